The Morgan fingerprint density at radius 2 is 1.95 bits per heavy atom. The number of nitrogens with zero attached hydrogens (tertiary/aromatic N) is 6. The third-order valence-electron chi connectivity index (χ3n) is 6.94. The molecule has 1 aromatic carbocycles. The lowest BCUT2D eigenvalue weighted by molar-refractivity contribution is -0.137. The zero-order valence-corrected chi connectivity index (χ0v) is 22.2. The Labute approximate surface area is 222 Å². The van der Waals surface area contributed by atoms with Gasteiger partial charge in [0.15, 0.2) is 12.4 Å². The van der Waals surface area contributed by atoms with E-state index in [9.17, 15) is 9.90 Å². The van der Waals surface area contributed by atoms with E-state index in [1.54, 1.807) is 15.8 Å². The lowest BCUT2D eigenvalue weighted by atomic mass is 10.1. The fraction of sp³-hybridized carbons (Fsp3) is 0.481. The molecule has 0 bridgehead atoms. The summed E-state index contributed by atoms with van der Waals surface area (Å²) in [6.45, 7) is 10.6. The molecule has 0 radical (unpaired) electrons. The van der Waals surface area contributed by atoms with E-state index in [4.69, 9.17) is 9.47 Å². The Kier molecular flexibility index (Phi) is 7.87. The smallest absolute Gasteiger partial charge is 0.260 e. The highest BCUT2D eigenvalue weighted by atomic mass is 16.5. The van der Waals surface area contributed by atoms with E-state index >= 15 is 0 Å². The predicted octanol–water partition coefficient (Wildman–Crippen LogP) is 2.14. The number of rotatable bonds is 8. The van der Waals surface area contributed by atoms with Crippen LogP contribution in [-0.4, -0.2) is 92.7 Å². The van der Waals surface area contributed by atoms with E-state index in [1.807, 2.05) is 45.2 Å². The molecule has 1 unspecified atom stereocenters. The molecule has 0 spiro atoms. The molecule has 1 atom stereocenters. The van der Waals surface area contributed by atoms with Crippen molar-refractivity contribution in [3.8, 4) is 11.6 Å². The molecule has 0 aliphatic carbocycles. The van der Waals surface area contributed by atoms with Crippen LogP contribution in [0.15, 0.2) is 30.6 Å². The number of aliphatic hydroxyl groups excluding tert-OH is 1. The van der Waals surface area contributed by atoms with Gasteiger partial charge in [0.1, 0.15) is 5.75 Å². The number of carbonyl (C=O) groups is 1. The summed E-state index contributed by atoms with van der Waals surface area (Å²) in [6.07, 6.45) is 4.26. The number of morpholine rings is 1. The second-order valence-electron chi connectivity index (χ2n) is 9.95. The van der Waals surface area contributed by atoms with Crippen molar-refractivity contribution in [3.63, 3.8) is 0 Å². The molecular weight excluding hydrogens is 486 g/mol. The second-order valence-corrected chi connectivity index (χ2v) is 9.95. The number of aliphatic hydroxyl groups is 1. The van der Waals surface area contributed by atoms with E-state index in [-0.39, 0.29) is 18.6 Å². The summed E-state index contributed by atoms with van der Waals surface area (Å²) in [6, 6.07) is 5.73. The van der Waals surface area contributed by atoms with Crippen LogP contribution in [0.3, 0.4) is 0 Å². The van der Waals surface area contributed by atoms with Gasteiger partial charge in [-0.15, -0.1) is 0 Å². The first-order valence-corrected chi connectivity index (χ1v) is 13.0. The number of ether oxygens (including phenoxy) is 2. The predicted molar refractivity (Wildman–Crippen MR) is 142 cm³/mol. The summed E-state index contributed by atoms with van der Waals surface area (Å²) < 4.78 is 13.0. The normalized spacial score (nSPS) is 18.1. The van der Waals surface area contributed by atoms with Crippen molar-refractivity contribution >= 4 is 17.5 Å². The minimum absolute atomic E-state index is 0.00320. The number of hydrogen-bond acceptors (Lipinski definition) is 9. The van der Waals surface area contributed by atoms with Crippen LogP contribution in [0.5, 0.6) is 5.75 Å². The third kappa shape index (κ3) is 6.12. The van der Waals surface area contributed by atoms with E-state index in [1.165, 1.54) is 0 Å². The van der Waals surface area contributed by atoms with Crippen LogP contribution < -0.4 is 10.1 Å². The molecule has 1 amide bonds. The summed E-state index contributed by atoms with van der Waals surface area (Å²) in [5, 5.41) is 17.8. The van der Waals surface area contributed by atoms with Gasteiger partial charge in [-0.1, -0.05) is 0 Å². The Morgan fingerprint density at radius 1 is 1.18 bits per heavy atom. The lowest BCUT2D eigenvalue weighted by Crippen LogP contribution is -2.43. The fourth-order valence-electron chi connectivity index (χ4n) is 4.92. The topological polar surface area (TPSA) is 118 Å². The van der Waals surface area contributed by atoms with Gasteiger partial charge in [0.05, 0.1) is 25.0 Å². The molecule has 2 aromatic heterocycles. The first-order chi connectivity index (χ1) is 18.4. The van der Waals surface area contributed by atoms with Gasteiger partial charge < -0.3 is 24.8 Å². The van der Waals surface area contributed by atoms with E-state index in [0.717, 1.165) is 47.6 Å². The van der Waals surface area contributed by atoms with Crippen LogP contribution >= 0.6 is 0 Å². The molecule has 202 valence electrons. The highest BCUT2D eigenvalue weighted by Crippen LogP contribution is 2.28. The van der Waals surface area contributed by atoms with Crippen LogP contribution in [-0.2, 0) is 16.1 Å². The number of aryl methyl sites for hydroxylation is 3. The van der Waals surface area contributed by atoms with Gasteiger partial charge in [0.25, 0.3) is 5.91 Å². The quantitative estimate of drug-likeness (QED) is 0.460. The maximum absolute atomic E-state index is 12.5. The highest BCUT2D eigenvalue weighted by molar-refractivity contribution is 5.78. The van der Waals surface area contributed by atoms with Gasteiger partial charge in [0.2, 0.25) is 5.95 Å². The molecule has 11 nitrogen and oxygen atoms in total. The molecule has 3 aromatic rings. The van der Waals surface area contributed by atoms with Gasteiger partial charge in [-0.25, -0.2) is 9.67 Å². The zero-order chi connectivity index (χ0) is 26.6. The van der Waals surface area contributed by atoms with Gasteiger partial charge in [-0.3, -0.25) is 9.69 Å². The zero-order valence-electron chi connectivity index (χ0n) is 22.2. The molecule has 0 saturated carbocycles. The number of likely N-dealkylation sites (tertiary alicyclic amines) is 1. The van der Waals surface area contributed by atoms with Gasteiger partial charge in [-0.05, 0) is 50.5 Å². The molecule has 2 fully saturated rings. The van der Waals surface area contributed by atoms with E-state index in [2.05, 4.69) is 25.3 Å². The number of carbonyl (C=O) groups excluding carboxylic acids is 1. The largest absolute Gasteiger partial charge is 0.483 e. The minimum Gasteiger partial charge on any atom is -0.483 e. The van der Waals surface area contributed by atoms with Crippen LogP contribution in [0.2, 0.25) is 0 Å². The van der Waals surface area contributed by atoms with Crippen LogP contribution in [0.1, 0.15) is 28.8 Å². The summed E-state index contributed by atoms with van der Waals surface area (Å²) in [5.41, 5.74) is 4.71. The maximum Gasteiger partial charge on any atom is 0.260 e. The second kappa shape index (κ2) is 11.5. The van der Waals surface area contributed by atoms with Crippen LogP contribution in [0, 0.1) is 20.8 Å². The number of hydrogen-bond donors (Lipinski definition) is 2. The van der Waals surface area contributed by atoms with Crippen molar-refractivity contribution in [1.82, 2.24) is 29.5 Å². The van der Waals surface area contributed by atoms with Gasteiger partial charge >= 0.3 is 0 Å². The first-order valence-electron chi connectivity index (χ1n) is 13.0. The van der Waals surface area contributed by atoms with E-state index in [0.29, 0.717) is 50.4 Å². The molecule has 38 heavy (non-hydrogen) atoms. The van der Waals surface area contributed by atoms with Gasteiger partial charge in [0, 0.05) is 62.4 Å². The molecular formula is C27H35N7O4. The van der Waals surface area contributed by atoms with Crippen LogP contribution in [0.4, 0.5) is 11.6 Å². The minimum atomic E-state index is -0.244. The summed E-state index contributed by atoms with van der Waals surface area (Å²) in [7, 11) is 0. The molecule has 5 rings (SSSR count). The Morgan fingerprint density at radius 3 is 2.66 bits per heavy atom. The Hall–Kier alpha value is -3.54. The monoisotopic (exact) mass is 521 g/mol. The Bertz CT molecular complexity index is 1270. The van der Waals surface area contributed by atoms with Crippen molar-refractivity contribution < 1.29 is 19.4 Å². The first kappa shape index (κ1) is 26.1. The van der Waals surface area contributed by atoms with Crippen molar-refractivity contribution in [2.24, 2.45) is 0 Å². The number of anilines is 2. The number of β-amino-alcohol motifs (C(OH)–C–C–N with tert-alkyl or cyclic N) is 1. The van der Waals surface area contributed by atoms with Crippen molar-refractivity contribution in [2.45, 2.75) is 39.8 Å². The SMILES string of the molecule is Cc1cc(Nc2nccc(-n3cc(CN4CCC(O)C4)c(C)n3)n2)cc(C)c1OCC(=O)N1CCOCC1. The molecule has 4 heterocycles. The number of benzene rings is 1. The molecule has 11 heteroatoms. The number of aromatic nitrogens is 4. The average molecular weight is 522 g/mol. The third-order valence-corrected chi connectivity index (χ3v) is 6.94. The summed E-state index contributed by atoms with van der Waals surface area (Å²) in [4.78, 5) is 25.5. The lowest BCUT2D eigenvalue weighted by Gasteiger charge is -2.27. The standard InChI is InChI=1S/C27H35N7O4/c1-18-12-22(13-19(2)26(18)38-17-25(36)33-8-10-37-11-9-33)29-27-28-6-4-24(30-27)34-15-21(20(3)31-34)14-32-7-5-23(35)16-32/h4,6,12-13,15,23,35H,5,7-11,14,16-17H2,1-3H3,(H,28,29,30). The summed E-state index contributed by atoms with van der Waals surface area (Å²) in [5.74, 6) is 1.79. The number of amides is 1. The summed E-state index contributed by atoms with van der Waals surface area (Å²) >= 11 is 0. The highest BCUT2D eigenvalue weighted by Gasteiger charge is 2.22. The van der Waals surface area contributed by atoms with Crippen molar-refractivity contribution in [3.05, 3.63) is 53.0 Å². The Balaban J connectivity index is 1.24. The van der Waals surface area contributed by atoms with Gasteiger partial charge in [-0.2, -0.15) is 10.1 Å². The molecule has 2 aliphatic rings. The van der Waals surface area contributed by atoms with Crippen molar-refractivity contribution in [2.75, 3.05) is 51.3 Å². The maximum atomic E-state index is 12.5. The molecule has 2 saturated heterocycles. The molecule has 2 aliphatic heterocycles. The van der Waals surface area contributed by atoms with E-state index < -0.39 is 0 Å². The fourth-order valence-corrected chi connectivity index (χ4v) is 4.92. The average Bonchev–Trinajstić information content (AvgIpc) is 3.49. The van der Waals surface area contributed by atoms with Crippen molar-refractivity contribution in [1.29, 1.82) is 0 Å². The molecule has 2 N–H and O–H groups in total. The van der Waals surface area contributed by atoms with Crippen LogP contribution in [0.25, 0.3) is 5.82 Å². The number of nitrogens with one attached hydrogen (secondary N) is 1.